The zero-order valence-corrected chi connectivity index (χ0v) is 29.5. The van der Waals surface area contributed by atoms with Gasteiger partial charge in [-0.25, -0.2) is 0 Å². The Morgan fingerprint density at radius 3 is 2.10 bits per heavy atom. The van der Waals surface area contributed by atoms with Crippen LogP contribution in [0.5, 0.6) is 0 Å². The molecule has 41 heavy (non-hydrogen) atoms. The molecule has 0 aliphatic heterocycles. The van der Waals surface area contributed by atoms with E-state index in [1.165, 1.54) is 50.2 Å². The molecule has 0 heterocycles. The number of carbonyl (C=O) groups excluding carboxylic acids is 1. The van der Waals surface area contributed by atoms with Crippen LogP contribution in [0.2, 0.25) is 0 Å². The molecule has 1 amide bonds. The van der Waals surface area contributed by atoms with Gasteiger partial charge in [-0.2, -0.15) is 0 Å². The van der Waals surface area contributed by atoms with Crippen molar-refractivity contribution in [3.63, 3.8) is 0 Å². The summed E-state index contributed by atoms with van der Waals surface area (Å²) < 4.78 is 13.7. The molecule has 0 aromatic heterocycles. The molecule has 8 nitrogen and oxygen atoms in total. The monoisotopic (exact) mass is 605 g/mol. The third kappa shape index (κ3) is 15.8. The molecular weight excluding hydrogens is 564 g/mol. The fourth-order valence-electron chi connectivity index (χ4n) is 4.45. The molecule has 216 valence electrons. The predicted octanol–water partition coefficient (Wildman–Crippen LogP) is 5.10. The summed E-state index contributed by atoms with van der Waals surface area (Å²) in [5.74, 6) is -2.92. The minimum absolute atomic E-state index is 0. The Labute approximate surface area is 290 Å². The zero-order valence-electron chi connectivity index (χ0n) is 24.6. The Bertz CT molecular complexity index is 1100. The number of hydrogen-bond acceptors (Lipinski definition) is 5. The fourth-order valence-corrected chi connectivity index (χ4v) is 6.03. The number of aryl methyl sites for hydroxylation is 1. The van der Waals surface area contributed by atoms with Crippen LogP contribution in [0.25, 0.3) is 0 Å². The van der Waals surface area contributed by atoms with Crippen molar-refractivity contribution < 1.29 is 33.9 Å². The second-order valence-electron chi connectivity index (χ2n) is 9.83. The Morgan fingerprint density at radius 1 is 0.854 bits per heavy atom. The second kappa shape index (κ2) is 22.5. The van der Waals surface area contributed by atoms with E-state index in [-0.39, 0.29) is 78.4 Å². The molecule has 0 bridgehead atoms. The van der Waals surface area contributed by atoms with Crippen LogP contribution in [0.15, 0.2) is 53.4 Å². The number of carboxylic acids is 2. The molecule has 11 heteroatoms. The van der Waals surface area contributed by atoms with Crippen LogP contribution in [-0.2, 0) is 31.6 Å². The van der Waals surface area contributed by atoms with Gasteiger partial charge in [0.2, 0.25) is 5.91 Å². The molecule has 3 unspecified atom stereocenters. The molecule has 2 radical (unpaired) electrons. The summed E-state index contributed by atoms with van der Waals surface area (Å²) in [5, 5.41) is 30.5. The summed E-state index contributed by atoms with van der Waals surface area (Å²) in [6.07, 6.45) is 8.10. The third-order valence-corrected chi connectivity index (χ3v) is 8.28. The number of aliphatic carboxylic acids is 2. The van der Waals surface area contributed by atoms with Gasteiger partial charge in [0, 0.05) is 76.1 Å². The maximum absolute atomic E-state index is 13.7. The van der Waals surface area contributed by atoms with Gasteiger partial charge in [-0.3, -0.25) is 18.6 Å². The number of hydrogen-bond donors (Lipinski definition) is 4. The number of carboxylic acid groups (broad SMARTS) is 2. The average molecular weight is 606 g/mol. The van der Waals surface area contributed by atoms with Gasteiger partial charge in [0.1, 0.15) is 6.42 Å². The molecule has 2 aromatic rings. The van der Waals surface area contributed by atoms with Crippen molar-refractivity contribution in [1.82, 2.24) is 0 Å². The third-order valence-electron chi connectivity index (χ3n) is 6.51. The SMILES string of the molecule is CCCCCCCCCc1ccc(C(C(O)CCCC(=O)O)S(=O)c2cccc(NC(=O)CC(=O)O)c2)cc1.[Na].[Na]. The molecule has 2 aromatic carbocycles. The topological polar surface area (TPSA) is 141 Å². The zero-order chi connectivity index (χ0) is 28.6. The average Bonchev–Trinajstić information content (AvgIpc) is 2.88. The molecule has 0 spiro atoms. The van der Waals surface area contributed by atoms with E-state index in [2.05, 4.69) is 12.2 Å². The van der Waals surface area contributed by atoms with Crippen LogP contribution in [0, 0.1) is 0 Å². The largest absolute Gasteiger partial charge is 0.481 e. The van der Waals surface area contributed by atoms with Crippen LogP contribution >= 0.6 is 0 Å². The molecular formula is C30H41NNa2O7S. The number of carbonyl (C=O) groups is 3. The maximum atomic E-state index is 13.7. The summed E-state index contributed by atoms with van der Waals surface area (Å²) >= 11 is 0. The second-order valence-corrected chi connectivity index (χ2v) is 11.4. The van der Waals surface area contributed by atoms with Crippen LogP contribution in [0.3, 0.4) is 0 Å². The van der Waals surface area contributed by atoms with Crippen molar-refractivity contribution in [1.29, 1.82) is 0 Å². The molecule has 0 aliphatic carbocycles. The minimum atomic E-state index is -1.74. The van der Waals surface area contributed by atoms with Crippen molar-refractivity contribution >= 4 is 93.4 Å². The van der Waals surface area contributed by atoms with Gasteiger partial charge in [0.25, 0.3) is 0 Å². The predicted molar refractivity (Wildman–Crippen MR) is 164 cm³/mol. The van der Waals surface area contributed by atoms with Gasteiger partial charge in [-0.15, -0.1) is 0 Å². The van der Waals surface area contributed by atoms with Gasteiger partial charge >= 0.3 is 11.9 Å². The van der Waals surface area contributed by atoms with Crippen LogP contribution in [0.4, 0.5) is 5.69 Å². The number of aliphatic hydroxyl groups is 1. The summed E-state index contributed by atoms with van der Waals surface area (Å²) in [5.41, 5.74) is 2.15. The Balaban J connectivity index is 0.00000800. The van der Waals surface area contributed by atoms with Crippen molar-refractivity contribution in [2.75, 3.05) is 5.32 Å². The van der Waals surface area contributed by atoms with Gasteiger partial charge in [-0.05, 0) is 55.0 Å². The van der Waals surface area contributed by atoms with Crippen LogP contribution in [0.1, 0.15) is 93.9 Å². The number of benzene rings is 2. The summed E-state index contributed by atoms with van der Waals surface area (Å²) in [7, 11) is -1.74. The number of aliphatic hydroxyl groups excluding tert-OH is 1. The molecule has 0 fully saturated rings. The number of nitrogens with one attached hydrogen (secondary N) is 1. The van der Waals surface area contributed by atoms with E-state index in [0.717, 1.165) is 12.8 Å². The van der Waals surface area contributed by atoms with Gasteiger partial charge < -0.3 is 20.6 Å². The molecule has 2 rings (SSSR count). The van der Waals surface area contributed by atoms with Gasteiger partial charge in [-0.1, -0.05) is 75.8 Å². The normalized spacial score (nSPS) is 12.7. The van der Waals surface area contributed by atoms with E-state index in [4.69, 9.17) is 10.2 Å². The van der Waals surface area contributed by atoms with Crippen LogP contribution in [-0.4, -0.2) is 103 Å². The molecule has 3 atom stereocenters. The van der Waals surface area contributed by atoms with Gasteiger partial charge in [0.15, 0.2) is 0 Å². The number of anilines is 1. The van der Waals surface area contributed by atoms with Gasteiger partial charge in [0.05, 0.1) is 22.2 Å². The fraction of sp³-hybridized carbons (Fsp3) is 0.500. The van der Waals surface area contributed by atoms with Crippen molar-refractivity contribution in [2.45, 2.75) is 100 Å². The summed E-state index contributed by atoms with van der Waals surface area (Å²) in [4.78, 5) is 34.0. The maximum Gasteiger partial charge on any atom is 0.312 e. The van der Waals surface area contributed by atoms with E-state index in [1.807, 2.05) is 24.3 Å². The number of rotatable bonds is 19. The first-order chi connectivity index (χ1) is 18.7. The van der Waals surface area contributed by atoms with E-state index < -0.39 is 46.4 Å². The number of amides is 1. The van der Waals surface area contributed by atoms with Crippen molar-refractivity contribution in [2.24, 2.45) is 0 Å². The molecule has 0 saturated heterocycles. The first-order valence-electron chi connectivity index (χ1n) is 13.7. The quantitative estimate of drug-likeness (QED) is 0.0993. The van der Waals surface area contributed by atoms with Crippen molar-refractivity contribution in [3.05, 3.63) is 59.7 Å². The first kappa shape index (κ1) is 40.0. The molecule has 0 saturated carbocycles. The van der Waals surface area contributed by atoms with E-state index in [1.54, 1.807) is 18.2 Å². The summed E-state index contributed by atoms with van der Waals surface area (Å²) in [6, 6.07) is 14.0. The van der Waals surface area contributed by atoms with E-state index in [9.17, 15) is 23.7 Å². The smallest absolute Gasteiger partial charge is 0.312 e. The molecule has 4 N–H and O–H groups in total. The minimum Gasteiger partial charge on any atom is -0.481 e. The standard InChI is InChI=1S/C30H41NO7S.2Na/c1-2-3-4-5-6-7-8-11-22-16-18-23(19-17-22)30(26(32)14-10-15-28(34)35)39(38)25-13-9-12-24(20-25)31-27(33)21-29(36)37;;/h9,12-13,16-20,26,30,32H,2-8,10-11,14-15,21H2,1H3,(H,31,33)(H,34,35)(H,36,37);;. The summed E-state index contributed by atoms with van der Waals surface area (Å²) in [6.45, 7) is 2.21. The number of unbranched alkanes of at least 4 members (excludes halogenated alkanes) is 6. The first-order valence-corrected chi connectivity index (χ1v) is 14.9. The van der Waals surface area contributed by atoms with Crippen molar-refractivity contribution in [3.8, 4) is 0 Å². The van der Waals surface area contributed by atoms with E-state index >= 15 is 0 Å². The Morgan fingerprint density at radius 2 is 1.49 bits per heavy atom. The Hall–Kier alpha value is -1.04. The van der Waals surface area contributed by atoms with E-state index in [0.29, 0.717) is 16.1 Å². The van der Waals surface area contributed by atoms with Crippen LogP contribution < -0.4 is 5.32 Å². The molecule has 0 aliphatic rings. The Kier molecular flexibility index (Phi) is 21.9.